The largest absolute Gasteiger partial charge is 0.465 e. The number of rotatable bonds is 3. The van der Waals surface area contributed by atoms with Crippen LogP contribution < -0.4 is 10.5 Å². The minimum Gasteiger partial charge on any atom is -0.465 e. The molecule has 0 atom stereocenters. The van der Waals surface area contributed by atoms with Gasteiger partial charge in [-0.25, -0.2) is 0 Å². The van der Waals surface area contributed by atoms with Crippen molar-refractivity contribution in [2.24, 2.45) is 0 Å². The zero-order chi connectivity index (χ0) is 9.68. The monoisotopic (exact) mass is 178 g/mol. The van der Waals surface area contributed by atoms with Crippen molar-refractivity contribution >= 4 is 5.69 Å². The summed E-state index contributed by atoms with van der Waals surface area (Å²) in [6.45, 7) is 0.124. The topological polar surface area (TPSA) is 68.3 Å². The summed E-state index contributed by atoms with van der Waals surface area (Å²) in [6.07, 6.45) is 0. The predicted octanol–water partition coefficient (Wildman–Crippen LogP) is 1.12. The van der Waals surface area contributed by atoms with Crippen LogP contribution in [0.5, 0.6) is 5.75 Å². The first-order chi connectivity index (χ1) is 6.27. The van der Waals surface area contributed by atoms with Gasteiger partial charge in [-0.3, -0.25) is 0 Å². The number of anilines is 1. The Morgan fingerprint density at radius 2 is 2.31 bits per heavy atom. The molecule has 0 heterocycles. The molecule has 68 valence electrons. The number of methoxy groups -OCH3 is 1. The molecule has 0 fully saturated rings. The molecule has 1 aromatic carbocycles. The molecule has 1 rings (SSSR count). The fraction of sp³-hybridized carbons (Fsp3) is 0.222. The highest BCUT2D eigenvalue weighted by Crippen LogP contribution is 2.22. The van der Waals surface area contributed by atoms with E-state index >= 15 is 0 Å². The number of hydrogen-bond acceptors (Lipinski definition) is 4. The van der Waals surface area contributed by atoms with Crippen molar-refractivity contribution in [3.8, 4) is 11.8 Å². The van der Waals surface area contributed by atoms with Gasteiger partial charge in [0.2, 0.25) is 0 Å². The van der Waals surface area contributed by atoms with E-state index in [1.807, 2.05) is 6.07 Å². The Hall–Kier alpha value is -1.73. The molecule has 4 heteroatoms. The number of benzene rings is 1. The van der Waals surface area contributed by atoms with Gasteiger partial charge in [0, 0.05) is 13.2 Å². The molecular formula is C9H10N2O2. The molecule has 4 nitrogen and oxygen atoms in total. The van der Waals surface area contributed by atoms with Crippen molar-refractivity contribution in [1.82, 2.24) is 0 Å². The van der Waals surface area contributed by atoms with Crippen LogP contribution in [-0.4, -0.2) is 13.9 Å². The Morgan fingerprint density at radius 1 is 1.54 bits per heavy atom. The third-order valence-corrected chi connectivity index (χ3v) is 1.47. The van der Waals surface area contributed by atoms with E-state index in [1.54, 1.807) is 18.2 Å². The molecule has 0 unspecified atom stereocenters. The maximum atomic E-state index is 8.60. The van der Waals surface area contributed by atoms with E-state index in [0.717, 1.165) is 0 Å². The van der Waals surface area contributed by atoms with E-state index in [2.05, 4.69) is 0 Å². The molecule has 0 radical (unpaired) electrons. The van der Waals surface area contributed by atoms with Crippen LogP contribution in [0, 0.1) is 11.3 Å². The number of nitriles is 1. The Kier molecular flexibility index (Phi) is 3.12. The number of hydrogen-bond donors (Lipinski definition) is 1. The highest BCUT2D eigenvalue weighted by Gasteiger charge is 2.01. The van der Waals surface area contributed by atoms with Gasteiger partial charge in [-0.1, -0.05) is 0 Å². The van der Waals surface area contributed by atoms with Crippen LogP contribution in [0.25, 0.3) is 0 Å². The van der Waals surface area contributed by atoms with Crippen LogP contribution in [0.3, 0.4) is 0 Å². The van der Waals surface area contributed by atoms with Crippen molar-refractivity contribution in [2.45, 2.75) is 0 Å². The molecule has 0 amide bonds. The van der Waals surface area contributed by atoms with Crippen LogP contribution in [0.4, 0.5) is 5.69 Å². The van der Waals surface area contributed by atoms with Gasteiger partial charge in [0.05, 0.1) is 17.3 Å². The van der Waals surface area contributed by atoms with Crippen LogP contribution in [0.2, 0.25) is 0 Å². The summed E-state index contributed by atoms with van der Waals surface area (Å²) in [4.78, 5) is 0. The lowest BCUT2D eigenvalue weighted by atomic mass is 10.2. The van der Waals surface area contributed by atoms with Gasteiger partial charge >= 0.3 is 0 Å². The normalized spacial score (nSPS) is 9.23. The first kappa shape index (κ1) is 9.36. The van der Waals surface area contributed by atoms with Crippen molar-refractivity contribution in [3.63, 3.8) is 0 Å². The van der Waals surface area contributed by atoms with E-state index in [-0.39, 0.29) is 6.79 Å². The number of nitrogens with zero attached hydrogens (tertiary/aromatic N) is 1. The highest BCUT2D eigenvalue weighted by molar-refractivity contribution is 5.55. The molecule has 1 aromatic rings. The van der Waals surface area contributed by atoms with E-state index < -0.39 is 0 Å². The Morgan fingerprint density at radius 3 is 2.92 bits per heavy atom. The fourth-order valence-corrected chi connectivity index (χ4v) is 0.851. The third-order valence-electron chi connectivity index (χ3n) is 1.47. The second kappa shape index (κ2) is 4.33. The van der Waals surface area contributed by atoms with Gasteiger partial charge in [-0.05, 0) is 12.1 Å². The second-order valence-electron chi connectivity index (χ2n) is 2.42. The summed E-state index contributed by atoms with van der Waals surface area (Å²) < 4.78 is 9.84. The number of nitrogens with two attached hydrogens (primary N) is 1. The van der Waals surface area contributed by atoms with Crippen molar-refractivity contribution in [3.05, 3.63) is 23.8 Å². The first-order valence-corrected chi connectivity index (χ1v) is 3.69. The summed E-state index contributed by atoms with van der Waals surface area (Å²) in [5, 5.41) is 8.60. The van der Waals surface area contributed by atoms with Crippen LogP contribution in [0.1, 0.15) is 5.56 Å². The summed E-state index contributed by atoms with van der Waals surface area (Å²) in [5.41, 5.74) is 6.61. The van der Waals surface area contributed by atoms with Crippen molar-refractivity contribution in [2.75, 3.05) is 19.6 Å². The summed E-state index contributed by atoms with van der Waals surface area (Å²) >= 11 is 0. The van der Waals surface area contributed by atoms with Crippen LogP contribution >= 0.6 is 0 Å². The van der Waals surface area contributed by atoms with Gasteiger partial charge in [-0.15, -0.1) is 0 Å². The van der Waals surface area contributed by atoms with Crippen LogP contribution in [0.15, 0.2) is 18.2 Å². The summed E-state index contributed by atoms with van der Waals surface area (Å²) in [5.74, 6) is 0.473. The number of ether oxygens (including phenoxy) is 2. The van der Waals surface area contributed by atoms with Gasteiger partial charge in [-0.2, -0.15) is 5.26 Å². The quantitative estimate of drug-likeness (QED) is 0.556. The molecule has 0 spiro atoms. The standard InChI is InChI=1S/C9H10N2O2/c1-12-6-13-9-4-7(5-10)2-3-8(9)11/h2-4H,6,11H2,1H3. The molecule has 0 bridgehead atoms. The fourth-order valence-electron chi connectivity index (χ4n) is 0.851. The smallest absolute Gasteiger partial charge is 0.188 e. The zero-order valence-electron chi connectivity index (χ0n) is 7.28. The zero-order valence-corrected chi connectivity index (χ0v) is 7.28. The summed E-state index contributed by atoms with van der Waals surface area (Å²) in [7, 11) is 1.52. The molecule has 13 heavy (non-hydrogen) atoms. The second-order valence-corrected chi connectivity index (χ2v) is 2.42. The maximum absolute atomic E-state index is 8.60. The molecule has 2 N–H and O–H groups in total. The van der Waals surface area contributed by atoms with Gasteiger partial charge < -0.3 is 15.2 Å². The van der Waals surface area contributed by atoms with E-state index in [4.69, 9.17) is 20.5 Å². The van der Waals surface area contributed by atoms with Gasteiger partial charge in [0.1, 0.15) is 5.75 Å². The molecular weight excluding hydrogens is 168 g/mol. The van der Waals surface area contributed by atoms with Crippen LogP contribution in [-0.2, 0) is 4.74 Å². The SMILES string of the molecule is COCOc1cc(C#N)ccc1N. The Balaban J connectivity index is 2.85. The molecule has 0 saturated carbocycles. The lowest BCUT2D eigenvalue weighted by Crippen LogP contribution is -2.01. The maximum Gasteiger partial charge on any atom is 0.188 e. The summed E-state index contributed by atoms with van der Waals surface area (Å²) in [6, 6.07) is 6.83. The van der Waals surface area contributed by atoms with Gasteiger partial charge in [0.15, 0.2) is 6.79 Å². The minimum atomic E-state index is 0.124. The molecule has 0 aromatic heterocycles. The highest BCUT2D eigenvalue weighted by atomic mass is 16.7. The molecule has 0 saturated heterocycles. The van der Waals surface area contributed by atoms with E-state index in [0.29, 0.717) is 17.0 Å². The molecule has 0 aliphatic heterocycles. The van der Waals surface area contributed by atoms with Crippen molar-refractivity contribution < 1.29 is 9.47 Å². The van der Waals surface area contributed by atoms with Gasteiger partial charge in [0.25, 0.3) is 0 Å². The third kappa shape index (κ3) is 2.36. The lowest BCUT2D eigenvalue weighted by molar-refractivity contribution is 0.0516. The Labute approximate surface area is 76.5 Å². The average molecular weight is 178 g/mol. The Bertz CT molecular complexity index is 331. The van der Waals surface area contributed by atoms with E-state index in [9.17, 15) is 0 Å². The lowest BCUT2D eigenvalue weighted by Gasteiger charge is -2.07. The predicted molar refractivity (Wildman–Crippen MR) is 48.1 cm³/mol. The minimum absolute atomic E-state index is 0.124. The molecule has 0 aliphatic rings. The number of nitrogen functional groups attached to an aromatic ring is 1. The van der Waals surface area contributed by atoms with Crippen molar-refractivity contribution in [1.29, 1.82) is 5.26 Å². The molecule has 0 aliphatic carbocycles. The first-order valence-electron chi connectivity index (χ1n) is 3.69. The van der Waals surface area contributed by atoms with E-state index in [1.165, 1.54) is 7.11 Å². The average Bonchev–Trinajstić information content (AvgIpc) is 2.17.